The fourth-order valence-electron chi connectivity index (χ4n) is 1.45. The van der Waals surface area contributed by atoms with E-state index in [1.165, 1.54) is 0 Å². The summed E-state index contributed by atoms with van der Waals surface area (Å²) in [5.41, 5.74) is 1.42. The van der Waals surface area contributed by atoms with Crippen LogP contribution < -0.4 is 5.32 Å². The highest BCUT2D eigenvalue weighted by molar-refractivity contribution is 7.98. The zero-order chi connectivity index (χ0) is 12.8. The Labute approximate surface area is 112 Å². The third kappa shape index (κ3) is 3.82. The first-order valence-electron chi connectivity index (χ1n) is 5.32. The number of hydrogen-bond acceptors (Lipinski definition) is 3. The van der Waals surface area contributed by atoms with E-state index in [9.17, 15) is 4.79 Å². The van der Waals surface area contributed by atoms with E-state index in [1.54, 1.807) is 42.9 Å². The van der Waals surface area contributed by atoms with Crippen molar-refractivity contribution in [2.75, 3.05) is 38.0 Å². The van der Waals surface area contributed by atoms with Crippen LogP contribution in [-0.2, 0) is 0 Å². The summed E-state index contributed by atoms with van der Waals surface area (Å²) in [5, 5.41) is 3.58. The summed E-state index contributed by atoms with van der Waals surface area (Å²) < 4.78 is 0. The topological polar surface area (TPSA) is 32.3 Å². The highest BCUT2D eigenvalue weighted by atomic mass is 35.5. The summed E-state index contributed by atoms with van der Waals surface area (Å²) in [5.74, 6) is 0.920. The van der Waals surface area contributed by atoms with Gasteiger partial charge in [0.25, 0.3) is 5.91 Å². The molecule has 0 aliphatic carbocycles. The predicted molar refractivity (Wildman–Crippen MR) is 76.3 cm³/mol. The maximum Gasteiger partial charge on any atom is 0.255 e. The molecule has 0 radical (unpaired) electrons. The summed E-state index contributed by atoms with van der Waals surface area (Å²) >= 11 is 7.64. The first kappa shape index (κ1) is 14.2. The van der Waals surface area contributed by atoms with Gasteiger partial charge in [-0.25, -0.2) is 0 Å². The van der Waals surface area contributed by atoms with Crippen molar-refractivity contribution >= 4 is 35.0 Å². The first-order chi connectivity index (χ1) is 8.10. The fourth-order valence-corrected chi connectivity index (χ4v) is 2.08. The van der Waals surface area contributed by atoms with Crippen molar-refractivity contribution in [2.45, 2.75) is 0 Å². The van der Waals surface area contributed by atoms with Gasteiger partial charge >= 0.3 is 0 Å². The minimum Gasteiger partial charge on any atom is -0.387 e. The molecule has 94 valence electrons. The quantitative estimate of drug-likeness (QED) is 0.895. The van der Waals surface area contributed by atoms with Crippen LogP contribution in [0.25, 0.3) is 0 Å². The molecule has 0 spiro atoms. The average molecular weight is 273 g/mol. The fraction of sp³-hybridized carbons (Fsp3) is 0.417. The molecule has 1 rings (SSSR count). The van der Waals surface area contributed by atoms with Crippen molar-refractivity contribution in [2.24, 2.45) is 0 Å². The molecule has 5 heteroatoms. The number of thioether (sulfide) groups is 1. The highest BCUT2D eigenvalue weighted by Gasteiger charge is 2.15. The normalized spacial score (nSPS) is 10.1. The van der Waals surface area contributed by atoms with Crippen LogP contribution in [-0.4, -0.2) is 43.5 Å². The van der Waals surface area contributed by atoms with Gasteiger partial charge in [-0.2, -0.15) is 11.8 Å². The van der Waals surface area contributed by atoms with E-state index in [1.807, 2.05) is 12.3 Å². The van der Waals surface area contributed by atoms with E-state index >= 15 is 0 Å². The summed E-state index contributed by atoms with van der Waals surface area (Å²) in [4.78, 5) is 13.9. The summed E-state index contributed by atoms with van der Waals surface area (Å²) in [6.45, 7) is 0.732. The number of nitrogens with one attached hydrogen (secondary N) is 1. The molecule has 1 aromatic rings. The van der Waals surface area contributed by atoms with Gasteiger partial charge in [-0.1, -0.05) is 11.6 Å². The van der Waals surface area contributed by atoms with Crippen molar-refractivity contribution in [3.8, 4) is 0 Å². The number of rotatable bonds is 5. The van der Waals surface area contributed by atoms with Crippen molar-refractivity contribution in [1.29, 1.82) is 0 Å². The smallest absolute Gasteiger partial charge is 0.255 e. The minimum absolute atomic E-state index is 0.00843. The van der Waals surface area contributed by atoms with Gasteiger partial charge in [0.05, 0.1) is 5.56 Å². The second-order valence-electron chi connectivity index (χ2n) is 3.66. The Balaban J connectivity index is 2.90. The molecule has 0 fully saturated rings. The van der Waals surface area contributed by atoms with Crippen LogP contribution in [0, 0.1) is 0 Å². The van der Waals surface area contributed by atoms with Gasteiger partial charge in [-0.3, -0.25) is 4.79 Å². The molecule has 0 aliphatic rings. The first-order valence-corrected chi connectivity index (χ1v) is 7.09. The van der Waals surface area contributed by atoms with Gasteiger partial charge in [-0.15, -0.1) is 0 Å². The lowest BCUT2D eigenvalue weighted by Gasteiger charge is -2.18. The largest absolute Gasteiger partial charge is 0.387 e. The number of hydrogen-bond donors (Lipinski definition) is 1. The highest BCUT2D eigenvalue weighted by Crippen LogP contribution is 2.21. The zero-order valence-corrected chi connectivity index (χ0v) is 11.9. The van der Waals surface area contributed by atoms with Crippen molar-refractivity contribution in [1.82, 2.24) is 4.90 Å². The monoisotopic (exact) mass is 272 g/mol. The van der Waals surface area contributed by atoms with Gasteiger partial charge in [0, 0.05) is 37.1 Å². The van der Waals surface area contributed by atoms with Crippen LogP contribution in [0.3, 0.4) is 0 Å². The van der Waals surface area contributed by atoms with Gasteiger partial charge in [0.1, 0.15) is 0 Å². The van der Waals surface area contributed by atoms with Crippen LogP contribution >= 0.6 is 23.4 Å². The lowest BCUT2D eigenvalue weighted by molar-refractivity contribution is 0.0804. The zero-order valence-electron chi connectivity index (χ0n) is 10.3. The SMILES string of the molecule is CNc1ccc(Cl)cc1C(=O)N(C)CCSC. The Morgan fingerprint density at radius 2 is 2.24 bits per heavy atom. The second kappa shape index (κ2) is 6.77. The number of carbonyl (C=O) groups excluding carboxylic acids is 1. The molecule has 3 nitrogen and oxygen atoms in total. The van der Waals surface area contributed by atoms with E-state index in [4.69, 9.17) is 11.6 Å². The lowest BCUT2D eigenvalue weighted by atomic mass is 10.1. The molecule has 0 bridgehead atoms. The maximum absolute atomic E-state index is 12.2. The molecule has 0 atom stereocenters. The Kier molecular flexibility index (Phi) is 5.65. The van der Waals surface area contributed by atoms with E-state index < -0.39 is 0 Å². The third-order valence-corrected chi connectivity index (χ3v) is 3.28. The van der Waals surface area contributed by atoms with Gasteiger partial charge in [0.2, 0.25) is 0 Å². The third-order valence-electron chi connectivity index (χ3n) is 2.46. The van der Waals surface area contributed by atoms with Crippen LogP contribution in [0.2, 0.25) is 5.02 Å². The number of amides is 1. The number of benzene rings is 1. The Bertz CT molecular complexity index is 398. The molecule has 1 N–H and O–H groups in total. The molecule has 0 aliphatic heterocycles. The van der Waals surface area contributed by atoms with Crippen LogP contribution in [0.4, 0.5) is 5.69 Å². The number of halogens is 1. The standard InChI is InChI=1S/C12H17ClN2OS/c1-14-11-5-4-9(13)8-10(11)12(16)15(2)6-7-17-3/h4-5,8,14H,6-7H2,1-3H3. The summed E-state index contributed by atoms with van der Waals surface area (Å²) in [6, 6.07) is 5.29. The molecule has 0 saturated carbocycles. The molecular weight excluding hydrogens is 256 g/mol. The average Bonchev–Trinajstić information content (AvgIpc) is 2.34. The number of nitrogens with zero attached hydrogens (tertiary/aromatic N) is 1. The molecule has 0 saturated heterocycles. The summed E-state index contributed by atoms with van der Waals surface area (Å²) in [6.07, 6.45) is 2.02. The predicted octanol–water partition coefficient (Wildman–Crippen LogP) is 2.82. The molecule has 0 heterocycles. The molecule has 1 amide bonds. The van der Waals surface area contributed by atoms with E-state index in [2.05, 4.69) is 5.32 Å². The molecule has 1 aromatic carbocycles. The number of carbonyl (C=O) groups is 1. The van der Waals surface area contributed by atoms with E-state index in [0.717, 1.165) is 18.0 Å². The second-order valence-corrected chi connectivity index (χ2v) is 5.08. The van der Waals surface area contributed by atoms with Gasteiger partial charge < -0.3 is 10.2 Å². The Hall–Kier alpha value is -0.870. The van der Waals surface area contributed by atoms with Crippen molar-refractivity contribution in [3.05, 3.63) is 28.8 Å². The lowest BCUT2D eigenvalue weighted by Crippen LogP contribution is -2.29. The van der Waals surface area contributed by atoms with Crippen LogP contribution in [0.5, 0.6) is 0 Å². The van der Waals surface area contributed by atoms with Crippen LogP contribution in [0.1, 0.15) is 10.4 Å². The maximum atomic E-state index is 12.2. The van der Waals surface area contributed by atoms with Crippen molar-refractivity contribution < 1.29 is 4.79 Å². The molecule has 17 heavy (non-hydrogen) atoms. The molecule has 0 unspecified atom stereocenters. The van der Waals surface area contributed by atoms with E-state index in [0.29, 0.717) is 10.6 Å². The van der Waals surface area contributed by atoms with Crippen LogP contribution in [0.15, 0.2) is 18.2 Å². The van der Waals surface area contributed by atoms with Gasteiger partial charge in [-0.05, 0) is 24.5 Å². The molecular formula is C12H17ClN2OS. The Morgan fingerprint density at radius 3 is 2.82 bits per heavy atom. The number of anilines is 1. The van der Waals surface area contributed by atoms with Crippen molar-refractivity contribution in [3.63, 3.8) is 0 Å². The molecule has 0 aromatic heterocycles. The Morgan fingerprint density at radius 1 is 1.53 bits per heavy atom. The van der Waals surface area contributed by atoms with E-state index in [-0.39, 0.29) is 5.91 Å². The minimum atomic E-state index is -0.00843. The summed E-state index contributed by atoms with van der Waals surface area (Å²) in [7, 11) is 3.60. The van der Waals surface area contributed by atoms with Gasteiger partial charge in [0.15, 0.2) is 0 Å².